The number of aromatic nitrogens is 2. The van der Waals surface area contributed by atoms with Gasteiger partial charge in [-0.05, 0) is 41.5 Å². The third kappa shape index (κ3) is 3.61. The van der Waals surface area contributed by atoms with Crippen LogP contribution in [0.5, 0.6) is 0 Å². The molecule has 124 valence electrons. The van der Waals surface area contributed by atoms with Gasteiger partial charge in [-0.25, -0.2) is 4.79 Å². The van der Waals surface area contributed by atoms with Crippen molar-refractivity contribution in [2.45, 2.75) is 59.7 Å². The number of amides is 1. The molecule has 1 unspecified atom stereocenters. The van der Waals surface area contributed by atoms with Crippen LogP contribution in [0.25, 0.3) is 0 Å². The van der Waals surface area contributed by atoms with Crippen LogP contribution in [0.4, 0.5) is 4.79 Å². The summed E-state index contributed by atoms with van der Waals surface area (Å²) in [5, 5.41) is 8.07. The van der Waals surface area contributed by atoms with Gasteiger partial charge >= 0.3 is 6.09 Å². The van der Waals surface area contributed by atoms with Crippen molar-refractivity contribution in [2.24, 2.45) is 0 Å². The van der Waals surface area contributed by atoms with Crippen LogP contribution in [0.15, 0.2) is 0 Å². The molecule has 1 fully saturated rings. The first-order valence-electron chi connectivity index (χ1n) is 7.98. The quantitative estimate of drug-likeness (QED) is 0.911. The molecule has 6 nitrogen and oxygen atoms in total. The molecule has 1 atom stereocenters. The van der Waals surface area contributed by atoms with Crippen LogP contribution in [-0.2, 0) is 11.3 Å². The van der Waals surface area contributed by atoms with E-state index in [0.29, 0.717) is 13.1 Å². The zero-order valence-electron chi connectivity index (χ0n) is 14.6. The third-order valence-corrected chi connectivity index (χ3v) is 3.91. The number of hydrogen-bond donors (Lipinski definition) is 1. The van der Waals surface area contributed by atoms with E-state index in [9.17, 15) is 4.79 Å². The van der Waals surface area contributed by atoms with Crippen LogP contribution in [0.2, 0.25) is 0 Å². The monoisotopic (exact) mass is 308 g/mol. The molecule has 1 amide bonds. The average Bonchev–Trinajstić information content (AvgIpc) is 2.71. The summed E-state index contributed by atoms with van der Waals surface area (Å²) in [5.41, 5.74) is 2.94. The predicted octanol–water partition coefficient (Wildman–Crippen LogP) is 2.40. The van der Waals surface area contributed by atoms with Gasteiger partial charge in [0.15, 0.2) is 0 Å². The molecule has 0 bridgehead atoms. The lowest BCUT2D eigenvalue weighted by Gasteiger charge is -2.35. The molecule has 1 aromatic rings. The Morgan fingerprint density at radius 1 is 1.41 bits per heavy atom. The summed E-state index contributed by atoms with van der Waals surface area (Å²) in [7, 11) is 0. The van der Waals surface area contributed by atoms with Crippen molar-refractivity contribution in [1.29, 1.82) is 0 Å². The van der Waals surface area contributed by atoms with Gasteiger partial charge in [-0.15, -0.1) is 0 Å². The van der Waals surface area contributed by atoms with Crippen LogP contribution in [0.3, 0.4) is 0 Å². The Bertz CT molecular complexity index is 545. The van der Waals surface area contributed by atoms with Crippen molar-refractivity contribution < 1.29 is 9.53 Å². The van der Waals surface area contributed by atoms with E-state index >= 15 is 0 Å². The van der Waals surface area contributed by atoms with Gasteiger partial charge in [0.2, 0.25) is 0 Å². The van der Waals surface area contributed by atoms with E-state index in [1.165, 1.54) is 11.3 Å². The molecule has 1 aromatic heterocycles. The Morgan fingerprint density at radius 2 is 2.09 bits per heavy atom. The first kappa shape index (κ1) is 16.8. The standard InChI is InChI=1S/C16H28N4O2/c1-7-20-12(3)14(11(2)18-20)13-10-19(9-8-17-13)15(21)22-16(4,5)6/h13,17H,7-10H2,1-6H3. The normalized spacial score (nSPS) is 19.4. The highest BCUT2D eigenvalue weighted by molar-refractivity contribution is 5.68. The Kier molecular flexibility index (Phi) is 4.80. The number of hydrogen-bond acceptors (Lipinski definition) is 4. The van der Waals surface area contributed by atoms with E-state index < -0.39 is 5.60 Å². The van der Waals surface area contributed by atoms with Gasteiger partial charge in [-0.3, -0.25) is 4.68 Å². The van der Waals surface area contributed by atoms with Crippen LogP contribution in [0.1, 0.15) is 50.7 Å². The Balaban J connectivity index is 2.14. The maximum absolute atomic E-state index is 12.3. The van der Waals surface area contributed by atoms with Crippen molar-refractivity contribution in [3.8, 4) is 0 Å². The van der Waals surface area contributed by atoms with Crippen LogP contribution >= 0.6 is 0 Å². The van der Waals surface area contributed by atoms with Gasteiger partial charge in [0.25, 0.3) is 0 Å². The highest BCUT2D eigenvalue weighted by Gasteiger charge is 2.30. The molecule has 0 saturated carbocycles. The van der Waals surface area contributed by atoms with E-state index in [1.807, 2.05) is 32.4 Å². The Morgan fingerprint density at radius 3 is 2.64 bits per heavy atom. The Hall–Kier alpha value is -1.56. The highest BCUT2D eigenvalue weighted by Crippen LogP contribution is 2.25. The minimum Gasteiger partial charge on any atom is -0.444 e. The fourth-order valence-electron chi connectivity index (χ4n) is 2.96. The number of carbonyl (C=O) groups is 1. The zero-order chi connectivity index (χ0) is 16.5. The van der Waals surface area contributed by atoms with E-state index in [0.717, 1.165) is 18.8 Å². The number of rotatable bonds is 2. The molecule has 6 heteroatoms. The number of ether oxygens (including phenoxy) is 1. The number of nitrogens with zero attached hydrogens (tertiary/aromatic N) is 3. The van der Waals surface area contributed by atoms with Crippen molar-refractivity contribution >= 4 is 6.09 Å². The fraction of sp³-hybridized carbons (Fsp3) is 0.750. The average molecular weight is 308 g/mol. The SMILES string of the molecule is CCn1nc(C)c(C2CN(C(=O)OC(C)(C)C)CCN2)c1C. The second-order valence-electron chi connectivity index (χ2n) is 6.83. The van der Waals surface area contributed by atoms with Gasteiger partial charge in [0, 0.05) is 37.4 Å². The summed E-state index contributed by atoms with van der Waals surface area (Å²) in [6, 6.07) is 0.113. The molecule has 1 N–H and O–H groups in total. The molecule has 0 radical (unpaired) electrons. The lowest BCUT2D eigenvalue weighted by atomic mass is 10.0. The molecular weight excluding hydrogens is 280 g/mol. The molecule has 2 heterocycles. The first-order chi connectivity index (χ1) is 10.2. The minimum atomic E-state index is -0.462. The number of nitrogens with one attached hydrogen (secondary N) is 1. The summed E-state index contributed by atoms with van der Waals surface area (Å²) in [6.07, 6.45) is -0.239. The van der Waals surface area contributed by atoms with Gasteiger partial charge < -0.3 is 15.0 Å². The largest absolute Gasteiger partial charge is 0.444 e. The molecule has 1 aliphatic heterocycles. The molecule has 0 aromatic carbocycles. The molecule has 22 heavy (non-hydrogen) atoms. The van der Waals surface area contributed by atoms with Gasteiger partial charge in [-0.1, -0.05) is 0 Å². The summed E-state index contributed by atoms with van der Waals surface area (Å²) >= 11 is 0. The van der Waals surface area contributed by atoms with Crippen molar-refractivity contribution in [3.63, 3.8) is 0 Å². The van der Waals surface area contributed by atoms with E-state index in [-0.39, 0.29) is 12.1 Å². The minimum absolute atomic E-state index is 0.113. The lowest BCUT2D eigenvalue weighted by Crippen LogP contribution is -2.49. The van der Waals surface area contributed by atoms with Crippen LogP contribution in [0, 0.1) is 13.8 Å². The summed E-state index contributed by atoms with van der Waals surface area (Å²) < 4.78 is 7.50. The van der Waals surface area contributed by atoms with Gasteiger partial charge in [-0.2, -0.15) is 5.10 Å². The second kappa shape index (κ2) is 6.28. The second-order valence-corrected chi connectivity index (χ2v) is 6.83. The summed E-state index contributed by atoms with van der Waals surface area (Å²) in [6.45, 7) is 14.8. The van der Waals surface area contributed by atoms with E-state index in [1.54, 1.807) is 4.90 Å². The smallest absolute Gasteiger partial charge is 0.410 e. The molecule has 1 aliphatic rings. The maximum atomic E-state index is 12.3. The predicted molar refractivity (Wildman–Crippen MR) is 85.9 cm³/mol. The van der Waals surface area contributed by atoms with E-state index in [2.05, 4.69) is 24.3 Å². The van der Waals surface area contributed by atoms with Crippen LogP contribution in [-0.4, -0.2) is 46.0 Å². The van der Waals surface area contributed by atoms with Crippen LogP contribution < -0.4 is 5.32 Å². The zero-order valence-corrected chi connectivity index (χ0v) is 14.6. The molecule has 0 spiro atoms. The van der Waals surface area contributed by atoms with Gasteiger partial charge in [0.05, 0.1) is 11.7 Å². The van der Waals surface area contributed by atoms with Crippen molar-refractivity contribution in [3.05, 3.63) is 17.0 Å². The molecule has 2 rings (SSSR count). The number of carbonyl (C=O) groups excluding carboxylic acids is 1. The molecule has 0 aliphatic carbocycles. The summed E-state index contributed by atoms with van der Waals surface area (Å²) in [5.74, 6) is 0. The topological polar surface area (TPSA) is 59.4 Å². The first-order valence-corrected chi connectivity index (χ1v) is 7.98. The molecule has 1 saturated heterocycles. The highest BCUT2D eigenvalue weighted by atomic mass is 16.6. The Labute approximate surface area is 132 Å². The number of aryl methyl sites for hydroxylation is 2. The van der Waals surface area contributed by atoms with E-state index in [4.69, 9.17) is 4.74 Å². The summed E-state index contributed by atoms with van der Waals surface area (Å²) in [4.78, 5) is 14.1. The maximum Gasteiger partial charge on any atom is 0.410 e. The lowest BCUT2D eigenvalue weighted by molar-refractivity contribution is 0.0194. The van der Waals surface area contributed by atoms with Gasteiger partial charge in [0.1, 0.15) is 5.60 Å². The fourth-order valence-corrected chi connectivity index (χ4v) is 2.96. The molecular formula is C16H28N4O2. The third-order valence-electron chi connectivity index (χ3n) is 3.91. The number of piperazine rings is 1. The van der Waals surface area contributed by atoms with Crippen molar-refractivity contribution in [2.75, 3.05) is 19.6 Å². The van der Waals surface area contributed by atoms with Crippen molar-refractivity contribution in [1.82, 2.24) is 20.0 Å².